The van der Waals surface area contributed by atoms with Crippen LogP contribution in [-0.4, -0.2) is 17.0 Å². The second-order valence-electron chi connectivity index (χ2n) is 8.16. The molecule has 3 rings (SSSR count). The maximum atomic E-state index is 12.9. The number of hydrogen-bond donors (Lipinski definition) is 0. The van der Waals surface area contributed by atoms with E-state index in [4.69, 9.17) is 4.99 Å². The van der Waals surface area contributed by atoms with Gasteiger partial charge in [-0.1, -0.05) is 43.0 Å². The van der Waals surface area contributed by atoms with E-state index >= 15 is 0 Å². The van der Waals surface area contributed by atoms with E-state index in [0.29, 0.717) is 12.2 Å². The van der Waals surface area contributed by atoms with Crippen LogP contribution < -0.4 is 0 Å². The monoisotopic (exact) mass is 340 g/mol. The second-order valence-corrected chi connectivity index (χ2v) is 8.16. The van der Waals surface area contributed by atoms with Gasteiger partial charge >= 0.3 is 0 Å². The van der Waals surface area contributed by atoms with Crippen molar-refractivity contribution in [1.29, 1.82) is 0 Å². The van der Waals surface area contributed by atoms with Crippen molar-refractivity contribution in [1.82, 2.24) is 0 Å². The lowest BCUT2D eigenvalue weighted by molar-refractivity contribution is -0.122. The third kappa shape index (κ3) is 4.42. The van der Waals surface area contributed by atoms with Crippen molar-refractivity contribution < 1.29 is 4.79 Å². The van der Waals surface area contributed by atoms with Gasteiger partial charge in [0.25, 0.3) is 0 Å². The molecule has 0 bridgehead atoms. The Kier molecular flexibility index (Phi) is 5.45. The fourth-order valence-electron chi connectivity index (χ4n) is 4.20. The summed E-state index contributed by atoms with van der Waals surface area (Å²) in [5.41, 5.74) is 3.87. The first-order valence-electron chi connectivity index (χ1n) is 9.51. The van der Waals surface area contributed by atoms with Crippen molar-refractivity contribution in [3.8, 4) is 0 Å². The first-order chi connectivity index (χ1) is 12.0. The molecule has 25 heavy (non-hydrogen) atoms. The number of benzene rings is 1. The van der Waals surface area contributed by atoms with E-state index in [9.17, 15) is 9.70 Å². The van der Waals surface area contributed by atoms with Crippen LogP contribution in [0.15, 0.2) is 28.4 Å². The van der Waals surface area contributed by atoms with E-state index in [1.54, 1.807) is 0 Å². The van der Waals surface area contributed by atoms with Crippen LogP contribution >= 0.6 is 0 Å². The van der Waals surface area contributed by atoms with Crippen LogP contribution in [0.1, 0.15) is 75.5 Å². The highest BCUT2D eigenvalue weighted by atomic mass is 16.3. The fraction of sp³-hybridized carbons (Fsp3) is 0.619. The van der Waals surface area contributed by atoms with Crippen molar-refractivity contribution in [3.63, 3.8) is 0 Å². The lowest BCUT2D eigenvalue weighted by atomic mass is 9.83. The summed E-state index contributed by atoms with van der Waals surface area (Å²) in [4.78, 5) is 28.4. The van der Waals surface area contributed by atoms with Gasteiger partial charge in [-0.2, -0.15) is 4.91 Å². The van der Waals surface area contributed by atoms with Gasteiger partial charge in [-0.25, -0.2) is 0 Å². The van der Waals surface area contributed by atoms with E-state index in [-0.39, 0.29) is 18.0 Å². The predicted octanol–water partition coefficient (Wildman–Crippen LogP) is 5.01. The molecule has 1 saturated carbocycles. The summed E-state index contributed by atoms with van der Waals surface area (Å²) in [6.45, 7) is 4.40. The molecule has 0 saturated heterocycles. The number of fused-ring (bicyclic) bond motifs is 1. The van der Waals surface area contributed by atoms with Crippen molar-refractivity contribution in [2.45, 2.75) is 77.3 Å². The minimum absolute atomic E-state index is 0.167. The third-order valence-electron chi connectivity index (χ3n) is 5.45. The summed E-state index contributed by atoms with van der Waals surface area (Å²) in [5, 5.41) is 3.00. The Morgan fingerprint density at radius 1 is 1.20 bits per heavy atom. The zero-order valence-corrected chi connectivity index (χ0v) is 15.4. The van der Waals surface area contributed by atoms with Crippen molar-refractivity contribution >= 4 is 11.5 Å². The Bertz CT molecular complexity index is 683. The quantitative estimate of drug-likeness (QED) is 0.559. The lowest BCUT2D eigenvalue weighted by Crippen LogP contribution is -2.31. The minimum atomic E-state index is -0.184. The highest BCUT2D eigenvalue weighted by Crippen LogP contribution is 2.31. The van der Waals surface area contributed by atoms with Crippen LogP contribution in [0, 0.1) is 10.8 Å². The Labute approximate surface area is 150 Å². The molecule has 1 aromatic rings. The summed E-state index contributed by atoms with van der Waals surface area (Å²) in [5.74, 6) is 0.529. The number of ketones is 1. The van der Waals surface area contributed by atoms with Crippen molar-refractivity contribution in [2.75, 3.05) is 0 Å². The molecule has 0 N–H and O–H groups in total. The summed E-state index contributed by atoms with van der Waals surface area (Å²) < 4.78 is 0. The molecule has 1 aromatic carbocycles. The first-order valence-corrected chi connectivity index (χ1v) is 9.51. The van der Waals surface area contributed by atoms with Gasteiger partial charge in [0.05, 0.1) is 11.3 Å². The van der Waals surface area contributed by atoms with Gasteiger partial charge in [-0.05, 0) is 55.9 Å². The molecule has 0 aromatic heterocycles. The van der Waals surface area contributed by atoms with Crippen LogP contribution in [0.4, 0.5) is 0 Å². The Morgan fingerprint density at radius 3 is 2.60 bits per heavy atom. The molecule has 0 unspecified atom stereocenters. The number of carbonyl (C=O) groups is 1. The molecular weight excluding hydrogens is 312 g/mol. The van der Waals surface area contributed by atoms with Crippen molar-refractivity contribution in [2.24, 2.45) is 16.1 Å². The molecule has 0 spiro atoms. The number of hydrogen-bond acceptors (Lipinski definition) is 4. The summed E-state index contributed by atoms with van der Waals surface area (Å²) in [6.07, 6.45) is 8.16. The average Bonchev–Trinajstić information content (AvgIpc) is 2.84. The van der Waals surface area contributed by atoms with Gasteiger partial charge in [-0.15, -0.1) is 0 Å². The lowest BCUT2D eigenvalue weighted by Gasteiger charge is -2.29. The standard InChI is InChI=1S/C21H28N2O2/c1-21(2)13-17-10-9-15(14-22-25)11-18(17)19(23-21)12-20(24)16-7-5-3-4-6-8-16/h9-11,16H,3-8,12-14H2,1-2H3. The zero-order valence-electron chi connectivity index (χ0n) is 15.4. The highest BCUT2D eigenvalue weighted by Gasteiger charge is 2.29. The fourth-order valence-corrected chi connectivity index (χ4v) is 4.20. The van der Waals surface area contributed by atoms with Crippen LogP contribution in [0.25, 0.3) is 0 Å². The molecule has 0 amide bonds. The molecule has 0 atom stereocenters. The average molecular weight is 340 g/mol. The van der Waals surface area contributed by atoms with Crippen molar-refractivity contribution in [3.05, 3.63) is 39.8 Å². The maximum absolute atomic E-state index is 12.9. The molecule has 1 aliphatic carbocycles. The first kappa shape index (κ1) is 18.0. The molecule has 1 fully saturated rings. The summed E-state index contributed by atoms with van der Waals surface area (Å²) in [7, 11) is 0. The van der Waals surface area contributed by atoms with E-state index < -0.39 is 0 Å². The Morgan fingerprint density at radius 2 is 1.92 bits per heavy atom. The van der Waals surface area contributed by atoms with E-state index in [2.05, 4.69) is 25.1 Å². The van der Waals surface area contributed by atoms with Gasteiger partial charge < -0.3 is 0 Å². The molecule has 4 nitrogen and oxygen atoms in total. The predicted molar refractivity (Wildman–Crippen MR) is 101 cm³/mol. The Hall–Kier alpha value is -1.84. The molecule has 0 radical (unpaired) electrons. The van der Waals surface area contributed by atoms with E-state index in [0.717, 1.165) is 36.1 Å². The van der Waals surface area contributed by atoms with E-state index in [1.807, 2.05) is 12.1 Å². The maximum Gasteiger partial charge on any atom is 0.141 e. The number of rotatable bonds is 5. The minimum Gasteiger partial charge on any atom is -0.299 e. The van der Waals surface area contributed by atoms with Crippen LogP contribution in [0.3, 0.4) is 0 Å². The normalized spacial score (nSPS) is 20.3. The largest absolute Gasteiger partial charge is 0.299 e. The number of nitrogens with zero attached hydrogens (tertiary/aromatic N) is 2. The molecule has 2 aliphatic rings. The van der Waals surface area contributed by atoms with Gasteiger partial charge in [-0.3, -0.25) is 9.79 Å². The molecule has 134 valence electrons. The summed E-state index contributed by atoms with van der Waals surface area (Å²) >= 11 is 0. The molecular formula is C21H28N2O2. The Balaban J connectivity index is 1.85. The summed E-state index contributed by atoms with van der Waals surface area (Å²) in [6, 6.07) is 6.04. The number of carbonyl (C=O) groups excluding carboxylic acids is 1. The number of aliphatic imine (C=N–C) groups is 1. The van der Waals surface area contributed by atoms with Gasteiger partial charge in [0.1, 0.15) is 12.3 Å². The van der Waals surface area contributed by atoms with Gasteiger partial charge in [0.15, 0.2) is 0 Å². The number of Topliss-reactive ketones (excluding diaryl/α,β-unsaturated/α-hetero) is 1. The van der Waals surface area contributed by atoms with Crippen LogP contribution in [0.2, 0.25) is 0 Å². The third-order valence-corrected chi connectivity index (χ3v) is 5.45. The van der Waals surface area contributed by atoms with E-state index in [1.165, 1.54) is 31.2 Å². The van der Waals surface area contributed by atoms with Gasteiger partial charge in [0.2, 0.25) is 0 Å². The van der Waals surface area contributed by atoms with Crippen LogP contribution in [0.5, 0.6) is 0 Å². The zero-order chi connectivity index (χ0) is 17.9. The second kappa shape index (κ2) is 7.59. The van der Waals surface area contributed by atoms with Gasteiger partial charge in [0, 0.05) is 12.3 Å². The molecule has 4 heteroatoms. The smallest absolute Gasteiger partial charge is 0.141 e. The topological polar surface area (TPSA) is 58.9 Å². The SMILES string of the molecule is CC1(C)Cc2ccc(CN=O)cc2C(CC(=O)C2CCCCCC2)=N1. The number of nitroso groups, excluding NO2 is 1. The molecule has 1 heterocycles. The highest BCUT2D eigenvalue weighted by molar-refractivity contribution is 6.13. The van der Waals surface area contributed by atoms with Crippen LogP contribution in [-0.2, 0) is 17.8 Å². The molecule has 1 aliphatic heterocycles.